The van der Waals surface area contributed by atoms with Gasteiger partial charge in [0, 0.05) is 17.3 Å². The Morgan fingerprint density at radius 1 is 1.36 bits per heavy atom. The molecule has 0 fully saturated rings. The highest BCUT2D eigenvalue weighted by molar-refractivity contribution is 5.88. The summed E-state index contributed by atoms with van der Waals surface area (Å²) < 4.78 is 1.59. The summed E-state index contributed by atoms with van der Waals surface area (Å²) in [6.07, 6.45) is 6.85. The van der Waals surface area contributed by atoms with E-state index in [9.17, 15) is 4.79 Å². The molecule has 2 aromatic rings. The Balaban J connectivity index is 0.00000151. The van der Waals surface area contributed by atoms with Gasteiger partial charge in [0.05, 0.1) is 23.0 Å². The fraction of sp³-hybridized carbons (Fsp3) is 0.150. The van der Waals surface area contributed by atoms with Gasteiger partial charge in [-0.15, -0.1) is 0 Å². The van der Waals surface area contributed by atoms with E-state index in [2.05, 4.69) is 17.7 Å². The number of aromatic carboxylic acids is 1. The Morgan fingerprint density at radius 3 is 2.68 bits per heavy atom. The summed E-state index contributed by atoms with van der Waals surface area (Å²) in [6, 6.07) is 10.4. The molecule has 2 rings (SSSR count). The Morgan fingerprint density at radius 2 is 2.08 bits per heavy atom. The first-order valence-electron chi connectivity index (χ1n) is 7.86. The number of hydrogen-bond donors (Lipinski definition) is 1. The van der Waals surface area contributed by atoms with Crippen molar-refractivity contribution in [3.05, 3.63) is 78.2 Å². The van der Waals surface area contributed by atoms with E-state index >= 15 is 0 Å². The number of nitrogens with zero attached hydrogens (tertiary/aromatic N) is 3. The number of carbonyl (C=O) groups is 1. The minimum atomic E-state index is -0.987. The minimum Gasteiger partial charge on any atom is -0.478 e. The number of rotatable bonds is 5. The third-order valence-electron chi connectivity index (χ3n) is 3.09. The maximum atomic E-state index is 11.0. The molecule has 25 heavy (non-hydrogen) atoms. The van der Waals surface area contributed by atoms with Crippen molar-refractivity contribution in [2.75, 3.05) is 0 Å². The molecular formula is C20H21N3O2. The summed E-state index contributed by atoms with van der Waals surface area (Å²) in [6.45, 7) is 9.38. The molecule has 0 spiro atoms. The molecule has 0 aliphatic carbocycles. The fourth-order valence-electron chi connectivity index (χ4n) is 2.00. The molecule has 0 saturated carbocycles. The Kier molecular flexibility index (Phi) is 7.61. The van der Waals surface area contributed by atoms with Crippen molar-refractivity contribution < 1.29 is 9.90 Å². The molecule has 5 heteroatoms. The molecule has 1 heterocycles. The molecule has 1 aromatic heterocycles. The Bertz CT molecular complexity index is 852. The number of hydrogen-bond acceptors (Lipinski definition) is 3. The molecule has 0 amide bonds. The summed E-state index contributed by atoms with van der Waals surface area (Å²) in [7, 11) is 0. The topological polar surface area (TPSA) is 78.9 Å². The van der Waals surface area contributed by atoms with Crippen LogP contribution in [0.5, 0.6) is 0 Å². The summed E-state index contributed by atoms with van der Waals surface area (Å²) >= 11 is 0. The van der Waals surface area contributed by atoms with Gasteiger partial charge in [0.15, 0.2) is 0 Å². The maximum absolute atomic E-state index is 11.0. The lowest BCUT2D eigenvalue weighted by Gasteiger charge is -2.03. The molecule has 0 aliphatic rings. The lowest BCUT2D eigenvalue weighted by atomic mass is 10.1. The molecule has 5 nitrogen and oxygen atoms in total. The van der Waals surface area contributed by atoms with Gasteiger partial charge in [0.1, 0.15) is 0 Å². The van der Waals surface area contributed by atoms with Gasteiger partial charge < -0.3 is 5.11 Å². The van der Waals surface area contributed by atoms with E-state index in [0.29, 0.717) is 17.0 Å². The van der Waals surface area contributed by atoms with Gasteiger partial charge in [-0.2, -0.15) is 10.4 Å². The van der Waals surface area contributed by atoms with Crippen LogP contribution >= 0.6 is 0 Å². The van der Waals surface area contributed by atoms with Crippen LogP contribution in [0, 0.1) is 11.3 Å². The lowest BCUT2D eigenvalue weighted by molar-refractivity contribution is 0.0697. The van der Waals surface area contributed by atoms with E-state index in [1.54, 1.807) is 60.3 Å². The van der Waals surface area contributed by atoms with Crippen LogP contribution in [0.15, 0.2) is 66.9 Å². The average molecular weight is 335 g/mol. The van der Waals surface area contributed by atoms with E-state index in [1.807, 2.05) is 13.8 Å². The van der Waals surface area contributed by atoms with Crippen molar-refractivity contribution in [1.29, 1.82) is 5.26 Å². The SMILES string of the molecule is C=C/C=C(\C=C(/C)C#N)c1ccn(-c2cccc(C(=O)O)c2)n1.CC. The number of carboxylic acid groups (broad SMARTS) is 1. The standard InChI is InChI=1S/C18H15N3O2.C2H6/c1-3-5-14(10-13(2)12-19)17-8-9-21(20-17)16-7-4-6-15(11-16)18(22)23;1-2/h3-11H,1H2,2H3,(H,22,23);1-2H3/b13-10+,14-5+;. The van der Waals surface area contributed by atoms with E-state index in [-0.39, 0.29) is 5.56 Å². The zero-order chi connectivity index (χ0) is 18.8. The summed E-state index contributed by atoms with van der Waals surface area (Å²) in [4.78, 5) is 11.0. The monoisotopic (exact) mass is 335 g/mol. The highest BCUT2D eigenvalue weighted by Crippen LogP contribution is 2.18. The van der Waals surface area contributed by atoms with Crippen LogP contribution in [-0.2, 0) is 0 Å². The predicted octanol–water partition coefficient (Wildman–Crippen LogP) is 4.64. The molecule has 0 bridgehead atoms. The van der Waals surface area contributed by atoms with E-state index in [0.717, 1.165) is 5.57 Å². The molecule has 0 unspecified atom stereocenters. The van der Waals surface area contributed by atoms with Gasteiger partial charge >= 0.3 is 5.97 Å². The first kappa shape index (κ1) is 19.7. The number of nitriles is 1. The fourth-order valence-corrected chi connectivity index (χ4v) is 2.00. The largest absolute Gasteiger partial charge is 0.478 e. The van der Waals surface area contributed by atoms with Gasteiger partial charge in [-0.1, -0.05) is 38.6 Å². The number of benzene rings is 1. The van der Waals surface area contributed by atoms with Crippen molar-refractivity contribution in [3.63, 3.8) is 0 Å². The third-order valence-corrected chi connectivity index (χ3v) is 3.09. The highest BCUT2D eigenvalue weighted by Gasteiger charge is 2.08. The lowest BCUT2D eigenvalue weighted by Crippen LogP contribution is -2.00. The maximum Gasteiger partial charge on any atom is 0.335 e. The molecule has 0 saturated heterocycles. The first-order chi connectivity index (χ1) is 12.0. The smallest absolute Gasteiger partial charge is 0.335 e. The molecule has 128 valence electrons. The zero-order valence-electron chi connectivity index (χ0n) is 14.6. The summed E-state index contributed by atoms with van der Waals surface area (Å²) in [5, 5.41) is 22.4. The van der Waals surface area contributed by atoms with Gasteiger partial charge in [-0.05, 0) is 37.3 Å². The van der Waals surface area contributed by atoms with Crippen molar-refractivity contribution in [2.24, 2.45) is 0 Å². The van der Waals surface area contributed by atoms with Crippen molar-refractivity contribution in [1.82, 2.24) is 9.78 Å². The predicted molar refractivity (Wildman–Crippen MR) is 99.4 cm³/mol. The minimum absolute atomic E-state index is 0.196. The summed E-state index contributed by atoms with van der Waals surface area (Å²) in [5.74, 6) is -0.987. The number of allylic oxidation sites excluding steroid dienone is 5. The van der Waals surface area contributed by atoms with Crippen molar-refractivity contribution in [3.8, 4) is 11.8 Å². The summed E-state index contributed by atoms with van der Waals surface area (Å²) in [5.41, 5.74) is 2.82. The Labute approximate surface area is 147 Å². The number of aromatic nitrogens is 2. The average Bonchev–Trinajstić information content (AvgIpc) is 3.13. The van der Waals surface area contributed by atoms with Crippen LogP contribution in [-0.4, -0.2) is 20.9 Å². The molecule has 0 aliphatic heterocycles. The quantitative estimate of drug-likeness (QED) is 0.638. The number of carboxylic acids is 1. The molecule has 0 atom stereocenters. The second-order valence-corrected chi connectivity index (χ2v) is 4.80. The van der Waals surface area contributed by atoms with Gasteiger partial charge in [-0.3, -0.25) is 0 Å². The van der Waals surface area contributed by atoms with Crippen LogP contribution in [0.2, 0.25) is 0 Å². The third kappa shape index (κ3) is 5.33. The zero-order valence-corrected chi connectivity index (χ0v) is 14.6. The van der Waals surface area contributed by atoms with Crippen molar-refractivity contribution >= 4 is 11.5 Å². The normalized spacial score (nSPS) is 11.1. The van der Waals surface area contributed by atoms with Crippen LogP contribution in [0.1, 0.15) is 36.8 Å². The van der Waals surface area contributed by atoms with Crippen LogP contribution < -0.4 is 0 Å². The van der Waals surface area contributed by atoms with Crippen LogP contribution in [0.3, 0.4) is 0 Å². The van der Waals surface area contributed by atoms with Gasteiger partial charge in [0.25, 0.3) is 0 Å². The van der Waals surface area contributed by atoms with Crippen molar-refractivity contribution in [2.45, 2.75) is 20.8 Å². The van der Waals surface area contributed by atoms with Gasteiger partial charge in [-0.25, -0.2) is 9.48 Å². The Hall–Kier alpha value is -3.39. The second-order valence-electron chi connectivity index (χ2n) is 4.80. The van der Waals surface area contributed by atoms with Crippen LogP contribution in [0.4, 0.5) is 0 Å². The molecule has 0 radical (unpaired) electrons. The van der Waals surface area contributed by atoms with Gasteiger partial charge in [0.2, 0.25) is 0 Å². The van der Waals surface area contributed by atoms with E-state index in [4.69, 9.17) is 10.4 Å². The van der Waals surface area contributed by atoms with Crippen LogP contribution in [0.25, 0.3) is 11.3 Å². The molecule has 1 N–H and O–H groups in total. The highest BCUT2D eigenvalue weighted by atomic mass is 16.4. The second kappa shape index (κ2) is 9.68. The first-order valence-corrected chi connectivity index (χ1v) is 7.86. The molecule has 1 aromatic carbocycles. The molecular weight excluding hydrogens is 314 g/mol. The van der Waals surface area contributed by atoms with E-state index in [1.165, 1.54) is 6.07 Å². The van der Waals surface area contributed by atoms with E-state index < -0.39 is 5.97 Å².